The molecule has 0 aliphatic heterocycles. The highest BCUT2D eigenvalue weighted by molar-refractivity contribution is 5.82. The van der Waals surface area contributed by atoms with Crippen LogP contribution >= 0.6 is 0 Å². The normalized spacial score (nSPS) is 13.0. The number of benzene rings is 1. The second-order valence-electron chi connectivity index (χ2n) is 5.46. The van der Waals surface area contributed by atoms with Crippen molar-refractivity contribution in [2.45, 2.75) is 64.5 Å². The zero-order valence-electron chi connectivity index (χ0n) is 13.0. The largest absolute Gasteiger partial charge is 0.349 e. The number of nitrogens with one attached hydrogen (secondary N) is 1. The molecule has 0 saturated carbocycles. The molecule has 0 bridgehead atoms. The van der Waals surface area contributed by atoms with E-state index in [-0.39, 0.29) is 11.4 Å². The molecule has 3 N–H and O–H groups in total. The molecule has 3 heteroatoms. The van der Waals surface area contributed by atoms with Crippen LogP contribution in [0.4, 0.5) is 0 Å². The van der Waals surface area contributed by atoms with E-state index in [0.29, 0.717) is 6.42 Å². The summed E-state index contributed by atoms with van der Waals surface area (Å²) in [6, 6.07) is 9.72. The van der Waals surface area contributed by atoms with Crippen molar-refractivity contribution in [2.75, 3.05) is 0 Å². The number of amides is 1. The lowest BCUT2D eigenvalue weighted by atomic mass is 9.89. The number of aryl methyl sites for hydroxylation is 1. The summed E-state index contributed by atoms with van der Waals surface area (Å²) in [5.41, 5.74) is 7.15. The highest BCUT2D eigenvalue weighted by Gasteiger charge is 2.27. The molecule has 0 fully saturated rings. The Morgan fingerprint density at radius 3 is 2.20 bits per heavy atom. The van der Waals surface area contributed by atoms with Crippen LogP contribution in [0.3, 0.4) is 0 Å². The van der Waals surface area contributed by atoms with Crippen molar-refractivity contribution >= 4 is 5.91 Å². The molecule has 0 spiro atoms. The predicted octanol–water partition coefficient (Wildman–Crippen LogP) is 3.03. The summed E-state index contributed by atoms with van der Waals surface area (Å²) in [5.74, 6) is -0.0218. The summed E-state index contributed by atoms with van der Waals surface area (Å²) in [4.78, 5) is 12.2. The number of hydrogen-bond acceptors (Lipinski definition) is 2. The fourth-order valence-corrected chi connectivity index (χ4v) is 2.47. The average molecular weight is 276 g/mol. The third-order valence-electron chi connectivity index (χ3n) is 4.34. The van der Waals surface area contributed by atoms with Crippen LogP contribution in [0.5, 0.6) is 0 Å². The summed E-state index contributed by atoms with van der Waals surface area (Å²) in [7, 11) is 0. The van der Waals surface area contributed by atoms with Crippen molar-refractivity contribution in [3.63, 3.8) is 0 Å². The van der Waals surface area contributed by atoms with E-state index in [1.165, 1.54) is 5.56 Å². The van der Waals surface area contributed by atoms with Crippen LogP contribution in [0.1, 0.15) is 52.0 Å². The maximum absolute atomic E-state index is 12.2. The van der Waals surface area contributed by atoms with E-state index < -0.39 is 6.04 Å². The Balaban J connectivity index is 2.50. The Morgan fingerprint density at radius 1 is 1.15 bits per heavy atom. The molecule has 0 saturated heterocycles. The molecule has 1 amide bonds. The predicted molar refractivity (Wildman–Crippen MR) is 84.5 cm³/mol. The highest BCUT2D eigenvalue weighted by atomic mass is 16.2. The lowest BCUT2D eigenvalue weighted by molar-refractivity contribution is -0.124. The van der Waals surface area contributed by atoms with Crippen molar-refractivity contribution in [2.24, 2.45) is 5.73 Å². The summed E-state index contributed by atoms with van der Waals surface area (Å²) in [5, 5.41) is 3.15. The van der Waals surface area contributed by atoms with Crippen LogP contribution < -0.4 is 11.1 Å². The van der Waals surface area contributed by atoms with Gasteiger partial charge in [-0.15, -0.1) is 0 Å². The first kappa shape index (κ1) is 16.7. The van der Waals surface area contributed by atoms with Crippen LogP contribution in [0, 0.1) is 0 Å². The molecule has 20 heavy (non-hydrogen) atoms. The van der Waals surface area contributed by atoms with E-state index in [0.717, 1.165) is 25.7 Å². The third kappa shape index (κ3) is 4.64. The maximum Gasteiger partial charge on any atom is 0.237 e. The summed E-state index contributed by atoms with van der Waals surface area (Å²) < 4.78 is 0. The smallest absolute Gasteiger partial charge is 0.237 e. The van der Waals surface area contributed by atoms with E-state index in [1.54, 1.807) is 0 Å². The Kier molecular flexibility index (Phi) is 6.73. The monoisotopic (exact) mass is 276 g/mol. The minimum absolute atomic E-state index is 0.0218. The number of nitrogens with two attached hydrogens (primary N) is 1. The van der Waals surface area contributed by atoms with Gasteiger partial charge in [-0.25, -0.2) is 0 Å². The molecule has 0 aliphatic rings. The zero-order valence-corrected chi connectivity index (χ0v) is 13.0. The second-order valence-corrected chi connectivity index (χ2v) is 5.46. The van der Waals surface area contributed by atoms with Gasteiger partial charge in [-0.1, -0.05) is 51.1 Å². The van der Waals surface area contributed by atoms with Crippen molar-refractivity contribution in [1.29, 1.82) is 0 Å². The van der Waals surface area contributed by atoms with Crippen molar-refractivity contribution in [1.82, 2.24) is 5.32 Å². The minimum atomic E-state index is -0.431. The third-order valence-corrected chi connectivity index (χ3v) is 4.34. The first-order valence-corrected chi connectivity index (χ1v) is 7.68. The molecular weight excluding hydrogens is 248 g/mol. The molecule has 3 nitrogen and oxygen atoms in total. The van der Waals surface area contributed by atoms with E-state index >= 15 is 0 Å². The quantitative estimate of drug-likeness (QED) is 0.767. The lowest BCUT2D eigenvalue weighted by Gasteiger charge is -2.33. The molecule has 0 radical (unpaired) electrons. The molecule has 0 aliphatic carbocycles. The van der Waals surface area contributed by atoms with E-state index in [1.807, 2.05) is 18.2 Å². The first-order chi connectivity index (χ1) is 9.56. The zero-order chi connectivity index (χ0) is 15.0. The van der Waals surface area contributed by atoms with Gasteiger partial charge in [-0.2, -0.15) is 0 Å². The Labute approximate surface area is 122 Å². The van der Waals surface area contributed by atoms with Gasteiger partial charge in [0.15, 0.2) is 0 Å². The van der Waals surface area contributed by atoms with Gasteiger partial charge < -0.3 is 11.1 Å². The second kappa shape index (κ2) is 8.05. The van der Waals surface area contributed by atoms with Gasteiger partial charge in [0.2, 0.25) is 5.91 Å². The van der Waals surface area contributed by atoms with E-state index in [4.69, 9.17) is 5.73 Å². The van der Waals surface area contributed by atoms with Gasteiger partial charge in [0.1, 0.15) is 0 Å². The maximum atomic E-state index is 12.2. The van der Waals surface area contributed by atoms with Crippen LogP contribution in [-0.4, -0.2) is 17.5 Å². The summed E-state index contributed by atoms with van der Waals surface area (Å²) in [6.45, 7) is 6.34. The molecule has 0 aromatic heterocycles. The molecule has 0 heterocycles. The lowest BCUT2D eigenvalue weighted by Crippen LogP contribution is -2.53. The SMILES string of the molecule is CCC(CC)(CC)NC(=O)[C@@H](N)CCc1ccccc1. The summed E-state index contributed by atoms with van der Waals surface area (Å²) in [6.07, 6.45) is 4.35. The van der Waals surface area contributed by atoms with Gasteiger partial charge >= 0.3 is 0 Å². The standard InChI is InChI=1S/C17H28N2O/c1-4-17(5-2,6-3)19-16(20)15(18)13-12-14-10-8-7-9-11-14/h7-11,15H,4-6,12-13,18H2,1-3H3,(H,19,20)/t15-/m0/s1. The van der Waals surface area contributed by atoms with Gasteiger partial charge in [0, 0.05) is 5.54 Å². The molecule has 1 aromatic rings. The fourth-order valence-electron chi connectivity index (χ4n) is 2.47. The molecule has 112 valence electrons. The van der Waals surface area contributed by atoms with Gasteiger partial charge in [-0.3, -0.25) is 4.79 Å². The molecule has 1 rings (SSSR count). The highest BCUT2D eigenvalue weighted by Crippen LogP contribution is 2.19. The van der Waals surface area contributed by atoms with E-state index in [2.05, 4.69) is 38.2 Å². The number of rotatable bonds is 8. The Hall–Kier alpha value is -1.35. The van der Waals surface area contributed by atoms with Gasteiger partial charge in [0.25, 0.3) is 0 Å². The van der Waals surface area contributed by atoms with Crippen molar-refractivity contribution in [3.05, 3.63) is 35.9 Å². The summed E-state index contributed by atoms with van der Waals surface area (Å²) >= 11 is 0. The Morgan fingerprint density at radius 2 is 1.70 bits per heavy atom. The molecule has 0 unspecified atom stereocenters. The van der Waals surface area contributed by atoms with Crippen LogP contribution in [0.25, 0.3) is 0 Å². The van der Waals surface area contributed by atoms with E-state index in [9.17, 15) is 4.79 Å². The number of carbonyl (C=O) groups excluding carboxylic acids is 1. The van der Waals surface area contributed by atoms with Crippen LogP contribution in [0.2, 0.25) is 0 Å². The van der Waals surface area contributed by atoms with Gasteiger partial charge in [0.05, 0.1) is 6.04 Å². The average Bonchev–Trinajstić information content (AvgIpc) is 2.51. The molecular formula is C17H28N2O. The fraction of sp³-hybridized carbons (Fsp3) is 0.588. The van der Waals surface area contributed by atoms with Crippen LogP contribution in [0.15, 0.2) is 30.3 Å². The van der Waals surface area contributed by atoms with Crippen LogP contribution in [-0.2, 0) is 11.2 Å². The minimum Gasteiger partial charge on any atom is -0.349 e. The topological polar surface area (TPSA) is 55.1 Å². The van der Waals surface area contributed by atoms with Crippen molar-refractivity contribution in [3.8, 4) is 0 Å². The van der Waals surface area contributed by atoms with Crippen molar-refractivity contribution < 1.29 is 4.79 Å². The Bertz CT molecular complexity index is 390. The molecule has 1 aromatic carbocycles. The van der Waals surface area contributed by atoms with Gasteiger partial charge in [-0.05, 0) is 37.7 Å². The number of hydrogen-bond donors (Lipinski definition) is 2. The number of carbonyl (C=O) groups is 1. The first-order valence-electron chi connectivity index (χ1n) is 7.68. The molecule has 1 atom stereocenters.